The van der Waals surface area contributed by atoms with Gasteiger partial charge in [-0.1, -0.05) is 37.9 Å². The van der Waals surface area contributed by atoms with Crippen LogP contribution in [0.25, 0.3) is 0 Å². The summed E-state index contributed by atoms with van der Waals surface area (Å²) in [5.41, 5.74) is 1.10. The van der Waals surface area contributed by atoms with Gasteiger partial charge in [0.05, 0.1) is 6.61 Å². The molecular formula is C16H24ClNO. The Morgan fingerprint density at radius 3 is 2.89 bits per heavy atom. The van der Waals surface area contributed by atoms with Crippen molar-refractivity contribution in [3.8, 4) is 5.75 Å². The van der Waals surface area contributed by atoms with Crippen LogP contribution in [0.3, 0.4) is 0 Å². The molecule has 1 N–H and O–H groups in total. The molecule has 2 rings (SSSR count). The van der Waals surface area contributed by atoms with Crippen molar-refractivity contribution in [3.63, 3.8) is 0 Å². The number of nitrogens with one attached hydrogen (secondary N) is 1. The highest BCUT2D eigenvalue weighted by atomic mass is 35.5. The first-order valence-corrected chi connectivity index (χ1v) is 7.72. The summed E-state index contributed by atoms with van der Waals surface area (Å²) in [5.74, 6) is 1.52. The second kappa shape index (κ2) is 7.16. The Hall–Kier alpha value is -0.730. The van der Waals surface area contributed by atoms with Crippen LogP contribution in [0, 0.1) is 5.92 Å². The highest BCUT2D eigenvalue weighted by Crippen LogP contribution is 2.28. The van der Waals surface area contributed by atoms with Crippen LogP contribution in [-0.4, -0.2) is 12.6 Å². The van der Waals surface area contributed by atoms with Gasteiger partial charge < -0.3 is 10.1 Å². The minimum absolute atomic E-state index is 0.591. The zero-order valence-electron chi connectivity index (χ0n) is 11.9. The van der Waals surface area contributed by atoms with Crippen molar-refractivity contribution in [2.45, 2.75) is 52.1 Å². The highest BCUT2D eigenvalue weighted by molar-refractivity contribution is 6.31. The Morgan fingerprint density at radius 1 is 1.42 bits per heavy atom. The molecular weight excluding hydrogens is 258 g/mol. The van der Waals surface area contributed by atoms with E-state index in [0.717, 1.165) is 29.5 Å². The van der Waals surface area contributed by atoms with E-state index in [1.54, 1.807) is 0 Å². The average molecular weight is 282 g/mol. The van der Waals surface area contributed by atoms with Crippen molar-refractivity contribution in [3.05, 3.63) is 28.8 Å². The Morgan fingerprint density at radius 2 is 2.21 bits per heavy atom. The van der Waals surface area contributed by atoms with Gasteiger partial charge in [0.2, 0.25) is 0 Å². The molecule has 1 saturated carbocycles. The summed E-state index contributed by atoms with van der Waals surface area (Å²) in [6.07, 6.45) is 4.98. The van der Waals surface area contributed by atoms with Crippen molar-refractivity contribution in [2.75, 3.05) is 6.61 Å². The topological polar surface area (TPSA) is 21.3 Å². The molecule has 1 fully saturated rings. The van der Waals surface area contributed by atoms with Crippen molar-refractivity contribution < 1.29 is 4.74 Å². The van der Waals surface area contributed by atoms with Crippen LogP contribution >= 0.6 is 11.6 Å². The zero-order valence-corrected chi connectivity index (χ0v) is 12.7. The third kappa shape index (κ3) is 4.70. The van der Waals surface area contributed by atoms with Crippen LogP contribution in [0.5, 0.6) is 5.75 Å². The summed E-state index contributed by atoms with van der Waals surface area (Å²) >= 11 is 6.29. The van der Waals surface area contributed by atoms with E-state index in [2.05, 4.69) is 19.2 Å². The van der Waals surface area contributed by atoms with Gasteiger partial charge in [-0.15, -0.1) is 0 Å². The van der Waals surface area contributed by atoms with Crippen molar-refractivity contribution in [1.29, 1.82) is 0 Å². The Labute approximate surface area is 121 Å². The largest absolute Gasteiger partial charge is 0.493 e. The number of hydrogen-bond acceptors (Lipinski definition) is 2. The lowest BCUT2D eigenvalue weighted by atomic mass is 10.1. The Balaban J connectivity index is 1.95. The first kappa shape index (κ1) is 14.7. The van der Waals surface area contributed by atoms with Gasteiger partial charge in [-0.05, 0) is 37.3 Å². The van der Waals surface area contributed by atoms with Crippen molar-refractivity contribution in [1.82, 2.24) is 5.32 Å². The fourth-order valence-electron chi connectivity index (χ4n) is 2.19. The van der Waals surface area contributed by atoms with Gasteiger partial charge in [-0.25, -0.2) is 0 Å². The molecule has 0 radical (unpaired) electrons. The first-order valence-electron chi connectivity index (χ1n) is 7.34. The normalized spacial score (nSPS) is 16.4. The SMILES string of the molecule is CCCC(C)COc1cccc(Cl)c1CNC1CC1. The monoisotopic (exact) mass is 281 g/mol. The lowest BCUT2D eigenvalue weighted by molar-refractivity contribution is 0.249. The molecule has 2 nitrogen and oxygen atoms in total. The van der Waals surface area contributed by atoms with Crippen molar-refractivity contribution >= 4 is 11.6 Å². The van der Waals surface area contributed by atoms with Gasteiger partial charge in [-0.3, -0.25) is 0 Å². The van der Waals surface area contributed by atoms with Crippen molar-refractivity contribution in [2.24, 2.45) is 5.92 Å². The molecule has 1 aromatic rings. The molecule has 1 aliphatic carbocycles. The molecule has 1 atom stereocenters. The first-order chi connectivity index (χ1) is 9.20. The van der Waals surface area contributed by atoms with E-state index in [1.165, 1.54) is 25.7 Å². The van der Waals surface area contributed by atoms with E-state index in [4.69, 9.17) is 16.3 Å². The predicted octanol–water partition coefficient (Wildman–Crippen LogP) is 4.41. The molecule has 1 aliphatic rings. The minimum atomic E-state index is 0.591. The molecule has 0 bridgehead atoms. The van der Waals surface area contributed by atoms with Gasteiger partial charge in [0, 0.05) is 23.2 Å². The van der Waals surface area contributed by atoms with E-state index >= 15 is 0 Å². The van der Waals surface area contributed by atoms with Gasteiger partial charge in [0.15, 0.2) is 0 Å². The molecule has 0 saturated heterocycles. The molecule has 0 spiro atoms. The smallest absolute Gasteiger partial charge is 0.125 e. The molecule has 0 aromatic heterocycles. The Kier molecular flexibility index (Phi) is 5.53. The second-order valence-electron chi connectivity index (χ2n) is 5.58. The molecule has 106 valence electrons. The van der Waals surface area contributed by atoms with Crippen LogP contribution in [0.4, 0.5) is 0 Å². The molecule has 0 aliphatic heterocycles. The predicted molar refractivity (Wildman–Crippen MR) is 80.9 cm³/mol. The van der Waals surface area contributed by atoms with E-state index < -0.39 is 0 Å². The summed E-state index contributed by atoms with van der Waals surface area (Å²) in [6.45, 7) is 6.02. The third-order valence-corrected chi connectivity index (χ3v) is 3.88. The molecule has 1 unspecified atom stereocenters. The summed E-state index contributed by atoms with van der Waals surface area (Å²) in [7, 11) is 0. The van der Waals surface area contributed by atoms with Crippen LogP contribution in [0.2, 0.25) is 5.02 Å². The molecule has 0 amide bonds. The fourth-order valence-corrected chi connectivity index (χ4v) is 2.42. The molecule has 3 heteroatoms. The third-order valence-electron chi connectivity index (χ3n) is 3.53. The number of hydrogen-bond donors (Lipinski definition) is 1. The van der Waals surface area contributed by atoms with E-state index in [9.17, 15) is 0 Å². The van der Waals surface area contributed by atoms with Crippen LogP contribution in [0.15, 0.2) is 18.2 Å². The highest BCUT2D eigenvalue weighted by Gasteiger charge is 2.21. The fraction of sp³-hybridized carbons (Fsp3) is 0.625. The van der Waals surface area contributed by atoms with E-state index in [1.807, 2.05) is 18.2 Å². The molecule has 0 heterocycles. The van der Waals surface area contributed by atoms with Gasteiger partial charge in [0.25, 0.3) is 0 Å². The summed E-state index contributed by atoms with van der Waals surface area (Å²) in [4.78, 5) is 0. The maximum absolute atomic E-state index is 6.29. The molecule has 1 aromatic carbocycles. The van der Waals surface area contributed by atoms with Crippen LogP contribution in [0.1, 0.15) is 45.1 Å². The zero-order chi connectivity index (χ0) is 13.7. The van der Waals surface area contributed by atoms with Gasteiger partial charge >= 0.3 is 0 Å². The van der Waals surface area contributed by atoms with Gasteiger partial charge in [0.1, 0.15) is 5.75 Å². The number of ether oxygens (including phenoxy) is 1. The molecule has 19 heavy (non-hydrogen) atoms. The summed E-state index contributed by atoms with van der Waals surface area (Å²) in [5, 5.41) is 4.30. The quantitative estimate of drug-likeness (QED) is 0.762. The second-order valence-corrected chi connectivity index (χ2v) is 5.98. The summed E-state index contributed by atoms with van der Waals surface area (Å²) < 4.78 is 5.96. The standard InChI is InChI=1S/C16H24ClNO/c1-3-5-12(2)11-19-16-7-4-6-15(17)14(16)10-18-13-8-9-13/h4,6-7,12-13,18H,3,5,8-11H2,1-2H3. The minimum Gasteiger partial charge on any atom is -0.493 e. The lowest BCUT2D eigenvalue weighted by Crippen LogP contribution is -2.17. The Bertz CT molecular complexity index is 404. The lowest BCUT2D eigenvalue weighted by Gasteiger charge is -2.16. The maximum atomic E-state index is 6.29. The summed E-state index contributed by atoms with van der Waals surface area (Å²) in [6, 6.07) is 6.61. The number of halogens is 1. The maximum Gasteiger partial charge on any atom is 0.125 e. The number of rotatable bonds is 8. The van der Waals surface area contributed by atoms with E-state index in [0.29, 0.717) is 12.0 Å². The van der Waals surface area contributed by atoms with Crippen LogP contribution < -0.4 is 10.1 Å². The van der Waals surface area contributed by atoms with Gasteiger partial charge in [-0.2, -0.15) is 0 Å². The van der Waals surface area contributed by atoms with Crippen LogP contribution in [-0.2, 0) is 6.54 Å². The average Bonchev–Trinajstić information content (AvgIpc) is 3.19. The van der Waals surface area contributed by atoms with E-state index in [-0.39, 0.29) is 0 Å². The number of benzene rings is 1.